The second kappa shape index (κ2) is 12.3. The van der Waals surface area contributed by atoms with Crippen LogP contribution in [0.4, 0.5) is 29.2 Å². The molecular formula is C31H39N11O3. The summed E-state index contributed by atoms with van der Waals surface area (Å²) in [5.41, 5.74) is 27.2. The van der Waals surface area contributed by atoms with Crippen LogP contribution >= 0.6 is 0 Å². The molecule has 3 aromatic carbocycles. The molecule has 0 radical (unpaired) electrons. The smallest absolute Gasteiger partial charge is 0.259 e. The number of hydrogen-bond acceptors (Lipinski definition) is 13. The van der Waals surface area contributed by atoms with Crippen molar-refractivity contribution in [3.8, 4) is 11.5 Å². The third-order valence-electron chi connectivity index (χ3n) is 8.16. The molecule has 0 saturated carbocycles. The number of benzene rings is 3. The fourth-order valence-corrected chi connectivity index (χ4v) is 6.06. The Labute approximate surface area is 260 Å². The van der Waals surface area contributed by atoms with Crippen LogP contribution in [0, 0.1) is 6.92 Å². The van der Waals surface area contributed by atoms with Crippen LogP contribution in [0.5, 0.6) is 11.5 Å². The summed E-state index contributed by atoms with van der Waals surface area (Å²) in [5, 5.41) is 27.8. The highest BCUT2D eigenvalue weighted by Gasteiger charge is 2.29. The Morgan fingerprint density at radius 1 is 0.800 bits per heavy atom. The third kappa shape index (κ3) is 6.68. The van der Waals surface area contributed by atoms with E-state index in [-0.39, 0.29) is 41.2 Å². The van der Waals surface area contributed by atoms with Crippen molar-refractivity contribution in [2.45, 2.75) is 43.9 Å². The zero-order valence-electron chi connectivity index (χ0n) is 25.0. The van der Waals surface area contributed by atoms with Crippen molar-refractivity contribution in [3.63, 3.8) is 0 Å². The van der Waals surface area contributed by atoms with Gasteiger partial charge in [0.1, 0.15) is 11.5 Å². The van der Waals surface area contributed by atoms with Gasteiger partial charge in [0.2, 0.25) is 17.8 Å². The highest BCUT2D eigenvalue weighted by atomic mass is 16.3. The van der Waals surface area contributed by atoms with Crippen molar-refractivity contribution >= 4 is 45.9 Å². The average molecular weight is 614 g/mol. The van der Waals surface area contributed by atoms with Gasteiger partial charge in [-0.15, -0.1) is 0 Å². The minimum Gasteiger partial charge on any atom is -0.507 e. The molecule has 4 aromatic rings. The van der Waals surface area contributed by atoms with Crippen LogP contribution in [-0.4, -0.2) is 81.4 Å². The second-order valence-electron chi connectivity index (χ2n) is 12.1. The molecule has 2 saturated heterocycles. The number of piperidine rings is 2. The van der Waals surface area contributed by atoms with E-state index in [1.165, 1.54) is 12.1 Å². The number of nitrogens with zero attached hydrogens (tertiary/aromatic N) is 5. The standard InChI is InChI=1S/C31H39N11O3/c1-16-7-22(36-28(45)24-8-17-3-2-4-26(43)23(17)11-27(24)44)5-6-25(16)37-29-38-30(41-12-18(32)9-19(33)13-41)40-31(39-29)42-14-20(34)10-21(35)15-42/h2-8,11,18-21,43-44H,9-10,12-15,32-35H2,1H3,(H,36,45)(H,37,38,39,40). The minimum absolute atomic E-state index is 0.0250. The summed E-state index contributed by atoms with van der Waals surface area (Å²) in [6, 6.07) is 12.8. The van der Waals surface area contributed by atoms with Crippen molar-refractivity contribution in [1.29, 1.82) is 0 Å². The molecule has 45 heavy (non-hydrogen) atoms. The van der Waals surface area contributed by atoms with Crippen LogP contribution in [0.3, 0.4) is 0 Å². The fourth-order valence-electron chi connectivity index (χ4n) is 6.06. The number of amides is 1. The van der Waals surface area contributed by atoms with E-state index in [1.807, 2.05) is 22.8 Å². The van der Waals surface area contributed by atoms with E-state index in [9.17, 15) is 15.0 Å². The summed E-state index contributed by atoms with van der Waals surface area (Å²) in [6.45, 7) is 4.16. The first-order valence-corrected chi connectivity index (χ1v) is 14.9. The van der Waals surface area contributed by atoms with Crippen LogP contribution in [0.2, 0.25) is 0 Å². The Bertz CT molecular complexity index is 1670. The Kier molecular flexibility index (Phi) is 8.29. The number of phenolic OH excluding ortho intramolecular Hbond substituents is 2. The van der Waals surface area contributed by atoms with Crippen LogP contribution in [0.15, 0.2) is 48.5 Å². The summed E-state index contributed by atoms with van der Waals surface area (Å²) in [5.74, 6) is 0.568. The molecule has 14 heteroatoms. The number of anilines is 5. The molecule has 1 aromatic heterocycles. The number of aromatic hydroxyl groups is 2. The number of carbonyl (C=O) groups excluding carboxylic acids is 1. The molecule has 4 atom stereocenters. The van der Waals surface area contributed by atoms with Crippen molar-refractivity contribution < 1.29 is 15.0 Å². The molecule has 6 rings (SSSR count). The molecule has 0 spiro atoms. The van der Waals surface area contributed by atoms with E-state index in [2.05, 4.69) is 10.6 Å². The van der Waals surface area contributed by atoms with Crippen molar-refractivity contribution in [1.82, 2.24) is 15.0 Å². The van der Waals surface area contributed by atoms with Crippen molar-refractivity contribution in [2.75, 3.05) is 46.6 Å². The first-order chi connectivity index (χ1) is 21.5. The molecule has 0 aliphatic carbocycles. The van der Waals surface area contributed by atoms with Gasteiger partial charge in [0.05, 0.1) is 5.56 Å². The number of fused-ring (bicyclic) bond motifs is 1. The van der Waals surface area contributed by atoms with Crippen LogP contribution in [0.25, 0.3) is 10.8 Å². The first kappa shape index (κ1) is 30.3. The Hall–Kier alpha value is -4.76. The maximum Gasteiger partial charge on any atom is 0.259 e. The Morgan fingerprint density at radius 3 is 1.98 bits per heavy atom. The van der Waals surface area contributed by atoms with Crippen LogP contribution < -0.4 is 43.4 Å². The minimum atomic E-state index is -0.486. The fraction of sp³-hybridized carbons (Fsp3) is 0.355. The van der Waals surface area contributed by atoms with Gasteiger partial charge in [-0.05, 0) is 67.1 Å². The highest BCUT2D eigenvalue weighted by molar-refractivity contribution is 6.09. The van der Waals surface area contributed by atoms with Gasteiger partial charge in [-0.1, -0.05) is 12.1 Å². The number of aromatic nitrogens is 3. The zero-order chi connectivity index (χ0) is 31.8. The van der Waals surface area contributed by atoms with Crippen LogP contribution in [-0.2, 0) is 0 Å². The van der Waals surface area contributed by atoms with Crippen molar-refractivity contribution in [3.05, 3.63) is 59.7 Å². The molecule has 0 bridgehead atoms. The second-order valence-corrected chi connectivity index (χ2v) is 12.1. The van der Waals surface area contributed by atoms with E-state index in [0.29, 0.717) is 60.5 Å². The molecule has 14 nitrogen and oxygen atoms in total. The van der Waals surface area contributed by atoms with Gasteiger partial charge in [0, 0.05) is 67.1 Å². The normalized spacial score (nSPS) is 22.0. The molecule has 2 fully saturated rings. The van der Waals surface area contributed by atoms with Gasteiger partial charge in [0.15, 0.2) is 0 Å². The number of aryl methyl sites for hydroxylation is 1. The zero-order valence-corrected chi connectivity index (χ0v) is 25.0. The van der Waals surface area contributed by atoms with Gasteiger partial charge in [-0.2, -0.15) is 15.0 Å². The Balaban J connectivity index is 1.25. The molecule has 236 valence electrons. The first-order valence-electron chi connectivity index (χ1n) is 14.9. The van der Waals surface area contributed by atoms with Gasteiger partial charge in [-0.3, -0.25) is 4.79 Å². The maximum atomic E-state index is 13.1. The molecule has 3 heterocycles. The lowest BCUT2D eigenvalue weighted by molar-refractivity contribution is 0.102. The predicted octanol–water partition coefficient (Wildman–Crippen LogP) is 1.47. The quantitative estimate of drug-likeness (QED) is 0.154. The summed E-state index contributed by atoms with van der Waals surface area (Å²) < 4.78 is 0. The number of carbonyl (C=O) groups is 1. The number of phenols is 2. The van der Waals surface area contributed by atoms with E-state index in [1.54, 1.807) is 30.3 Å². The Morgan fingerprint density at radius 2 is 1.40 bits per heavy atom. The summed E-state index contributed by atoms with van der Waals surface area (Å²) in [6.07, 6.45) is 1.45. The van der Waals surface area contributed by atoms with Gasteiger partial charge < -0.3 is 53.6 Å². The lowest BCUT2D eigenvalue weighted by Crippen LogP contribution is -2.54. The molecular weight excluding hydrogens is 574 g/mol. The number of nitrogens with two attached hydrogens (primary N) is 4. The van der Waals surface area contributed by atoms with Crippen molar-refractivity contribution in [2.24, 2.45) is 22.9 Å². The largest absolute Gasteiger partial charge is 0.507 e. The number of hydrogen-bond donors (Lipinski definition) is 8. The molecule has 2 aliphatic rings. The highest BCUT2D eigenvalue weighted by Crippen LogP contribution is 2.32. The van der Waals surface area contributed by atoms with Gasteiger partial charge in [0.25, 0.3) is 5.91 Å². The van der Waals surface area contributed by atoms with Crippen LogP contribution in [0.1, 0.15) is 28.8 Å². The molecule has 2 aliphatic heterocycles. The molecule has 12 N–H and O–H groups in total. The summed E-state index contributed by atoms with van der Waals surface area (Å²) in [7, 11) is 0. The topological polar surface area (TPSA) is 231 Å². The summed E-state index contributed by atoms with van der Waals surface area (Å²) >= 11 is 0. The van der Waals surface area contributed by atoms with Gasteiger partial charge >= 0.3 is 0 Å². The van der Waals surface area contributed by atoms with E-state index in [4.69, 9.17) is 37.9 Å². The van der Waals surface area contributed by atoms with E-state index in [0.717, 1.165) is 24.1 Å². The third-order valence-corrected chi connectivity index (χ3v) is 8.16. The SMILES string of the molecule is Cc1cc(NC(=O)c2cc3cccc(O)c3cc2O)ccc1Nc1nc(N2CC(N)CC(N)C2)nc(N2CC(N)CC(N)C2)n1. The molecule has 1 amide bonds. The summed E-state index contributed by atoms with van der Waals surface area (Å²) in [4.78, 5) is 31.3. The monoisotopic (exact) mass is 613 g/mol. The lowest BCUT2D eigenvalue weighted by atomic mass is 10.0. The van der Waals surface area contributed by atoms with Gasteiger partial charge in [-0.25, -0.2) is 0 Å². The lowest BCUT2D eigenvalue weighted by Gasteiger charge is -2.37. The number of rotatable bonds is 6. The average Bonchev–Trinajstić information content (AvgIpc) is 2.97. The number of nitrogens with one attached hydrogen (secondary N) is 2. The van der Waals surface area contributed by atoms with E-state index >= 15 is 0 Å². The molecule has 4 unspecified atom stereocenters. The van der Waals surface area contributed by atoms with E-state index < -0.39 is 5.91 Å². The maximum absolute atomic E-state index is 13.1. The predicted molar refractivity (Wildman–Crippen MR) is 175 cm³/mol.